The Morgan fingerprint density at radius 3 is 2.50 bits per heavy atom. The molecule has 2 unspecified atom stereocenters. The molecule has 1 heteroatoms. The number of rotatable bonds is 0. The van der Waals surface area contributed by atoms with Gasteiger partial charge >= 0.3 is 0 Å². The maximum absolute atomic E-state index is 3.49. The molecular weight excluding hydrogens is 98.1 g/mol. The third-order valence-electron chi connectivity index (χ3n) is 2.31. The summed E-state index contributed by atoms with van der Waals surface area (Å²) in [4.78, 5) is 0. The van der Waals surface area contributed by atoms with Crippen LogP contribution in [0.25, 0.3) is 0 Å². The lowest BCUT2D eigenvalue weighted by molar-refractivity contribution is 0.273. The predicted molar refractivity (Wildman–Crippen MR) is 33.4 cm³/mol. The van der Waals surface area contributed by atoms with Gasteiger partial charge in [0.05, 0.1) is 0 Å². The lowest BCUT2D eigenvalue weighted by Crippen LogP contribution is -2.44. The molecule has 3 rings (SSSR count). The van der Waals surface area contributed by atoms with Gasteiger partial charge in [-0.1, -0.05) is 0 Å². The molecule has 2 aliphatic heterocycles. The molecule has 0 spiro atoms. The number of piperidine rings is 2. The maximum atomic E-state index is 3.49. The van der Waals surface area contributed by atoms with Crippen molar-refractivity contribution in [1.29, 1.82) is 0 Å². The minimum Gasteiger partial charge on any atom is -0.314 e. The van der Waals surface area contributed by atoms with Crippen molar-refractivity contribution in [2.75, 3.05) is 6.54 Å². The third-order valence-corrected chi connectivity index (χ3v) is 2.31. The largest absolute Gasteiger partial charge is 0.314 e. The molecule has 2 atom stereocenters. The van der Waals surface area contributed by atoms with Crippen LogP contribution >= 0.6 is 0 Å². The van der Waals surface area contributed by atoms with E-state index in [9.17, 15) is 0 Å². The van der Waals surface area contributed by atoms with Crippen molar-refractivity contribution in [2.24, 2.45) is 5.92 Å². The van der Waals surface area contributed by atoms with Crippen molar-refractivity contribution < 1.29 is 0 Å². The second kappa shape index (κ2) is 1.73. The Labute approximate surface area is 50.5 Å². The zero-order valence-corrected chi connectivity index (χ0v) is 5.06. The number of fused-ring (bicyclic) bond motifs is 3. The van der Waals surface area contributed by atoms with Crippen molar-refractivity contribution in [3.8, 4) is 0 Å². The van der Waals surface area contributed by atoms with E-state index in [0.29, 0.717) is 0 Å². The summed E-state index contributed by atoms with van der Waals surface area (Å²) in [6.45, 7) is 1.25. The minimum absolute atomic E-state index is 0.847. The van der Waals surface area contributed by atoms with E-state index in [1.807, 2.05) is 0 Å². The Morgan fingerprint density at radius 2 is 2.38 bits per heavy atom. The van der Waals surface area contributed by atoms with Gasteiger partial charge in [-0.2, -0.15) is 0 Å². The Kier molecular flexibility index (Phi) is 1.04. The summed E-state index contributed by atoms with van der Waals surface area (Å²) in [6, 6.07) is 0.847. The van der Waals surface area contributed by atoms with E-state index in [-0.39, 0.29) is 0 Å². The van der Waals surface area contributed by atoms with Crippen LogP contribution in [0.2, 0.25) is 0 Å². The van der Waals surface area contributed by atoms with Gasteiger partial charge in [0.1, 0.15) is 0 Å². The van der Waals surface area contributed by atoms with Gasteiger partial charge < -0.3 is 5.32 Å². The first-order chi connectivity index (χ1) is 3.95. The Hall–Kier alpha value is -0.0400. The van der Waals surface area contributed by atoms with Gasteiger partial charge in [0.2, 0.25) is 0 Å². The van der Waals surface area contributed by atoms with Gasteiger partial charge in [0.15, 0.2) is 0 Å². The molecular formula is C7H12N. The fraction of sp³-hybridized carbons (Fsp3) is 0.857. The van der Waals surface area contributed by atoms with E-state index in [4.69, 9.17) is 0 Å². The van der Waals surface area contributed by atoms with E-state index in [2.05, 4.69) is 11.7 Å². The molecule has 8 heavy (non-hydrogen) atoms. The molecule has 0 aromatic carbocycles. The van der Waals surface area contributed by atoms with Crippen molar-refractivity contribution in [2.45, 2.75) is 25.3 Å². The highest BCUT2D eigenvalue weighted by molar-refractivity contribution is 4.95. The molecule has 3 fully saturated rings. The summed E-state index contributed by atoms with van der Waals surface area (Å²) in [5, 5.41) is 3.49. The smallest absolute Gasteiger partial charge is 0.00701 e. The molecule has 1 aliphatic carbocycles. The van der Waals surface area contributed by atoms with Gasteiger partial charge in [-0.25, -0.2) is 0 Å². The van der Waals surface area contributed by atoms with Gasteiger partial charge in [-0.05, 0) is 38.1 Å². The molecule has 1 nitrogen and oxygen atoms in total. The van der Waals surface area contributed by atoms with Crippen molar-refractivity contribution in [1.82, 2.24) is 5.32 Å². The topological polar surface area (TPSA) is 12.0 Å². The molecule has 1 N–H and O–H groups in total. The lowest BCUT2D eigenvalue weighted by atomic mass is 9.82. The monoisotopic (exact) mass is 110 g/mol. The second-order valence-electron chi connectivity index (χ2n) is 2.91. The number of nitrogens with one attached hydrogen (secondary N) is 1. The standard InChI is InChI=1S/C7H12N/c1-3-7-4-2-6(1)5-8-7/h1,6-8H,2-5H2. The molecule has 1 saturated carbocycles. The number of hydrogen-bond donors (Lipinski definition) is 1. The molecule has 3 aliphatic rings. The Bertz CT molecular complexity index is 59.4. The van der Waals surface area contributed by atoms with Crippen molar-refractivity contribution in [3.05, 3.63) is 6.42 Å². The highest BCUT2D eigenvalue weighted by Gasteiger charge is 2.26. The molecule has 0 aromatic heterocycles. The molecule has 2 bridgehead atoms. The maximum Gasteiger partial charge on any atom is 0.00701 e. The van der Waals surface area contributed by atoms with Gasteiger partial charge in [-0.15, -0.1) is 0 Å². The van der Waals surface area contributed by atoms with Gasteiger partial charge in [0.25, 0.3) is 0 Å². The summed E-state index contributed by atoms with van der Waals surface area (Å²) >= 11 is 0. The summed E-state index contributed by atoms with van der Waals surface area (Å²) in [7, 11) is 0. The zero-order valence-electron chi connectivity index (χ0n) is 5.06. The quantitative estimate of drug-likeness (QED) is 0.490. The Balaban J connectivity index is 2.03. The van der Waals surface area contributed by atoms with Crippen LogP contribution in [0.3, 0.4) is 0 Å². The predicted octanol–water partition coefficient (Wildman–Crippen LogP) is 0.963. The fourth-order valence-corrected chi connectivity index (χ4v) is 1.70. The van der Waals surface area contributed by atoms with Crippen molar-refractivity contribution in [3.63, 3.8) is 0 Å². The van der Waals surface area contributed by atoms with Gasteiger partial charge in [0, 0.05) is 6.04 Å². The average Bonchev–Trinajstić information content (AvgIpc) is 1.92. The summed E-state index contributed by atoms with van der Waals surface area (Å²) in [5.74, 6) is 0.917. The van der Waals surface area contributed by atoms with Crippen molar-refractivity contribution >= 4 is 0 Å². The zero-order chi connectivity index (χ0) is 5.40. The van der Waals surface area contributed by atoms with E-state index in [1.54, 1.807) is 0 Å². The van der Waals surface area contributed by atoms with E-state index in [1.165, 1.54) is 25.8 Å². The van der Waals surface area contributed by atoms with Crippen LogP contribution in [0.5, 0.6) is 0 Å². The molecule has 2 saturated heterocycles. The molecule has 2 heterocycles. The molecule has 45 valence electrons. The first-order valence-electron chi connectivity index (χ1n) is 3.52. The van der Waals surface area contributed by atoms with Crippen LogP contribution in [-0.4, -0.2) is 12.6 Å². The first kappa shape index (κ1) is 4.80. The second-order valence-corrected chi connectivity index (χ2v) is 2.91. The number of hydrogen-bond acceptors (Lipinski definition) is 1. The highest BCUT2D eigenvalue weighted by atomic mass is 14.9. The summed E-state index contributed by atoms with van der Waals surface area (Å²) in [6.07, 6.45) is 6.66. The first-order valence-corrected chi connectivity index (χ1v) is 3.52. The van der Waals surface area contributed by atoms with Crippen LogP contribution in [0.1, 0.15) is 19.3 Å². The SMILES string of the molecule is [CH]1CC2CCC1CN2. The third kappa shape index (κ3) is 0.655. The van der Waals surface area contributed by atoms with Crippen LogP contribution in [-0.2, 0) is 0 Å². The molecule has 0 amide bonds. The van der Waals surface area contributed by atoms with Crippen LogP contribution < -0.4 is 5.32 Å². The minimum atomic E-state index is 0.847. The highest BCUT2D eigenvalue weighted by Crippen LogP contribution is 2.27. The van der Waals surface area contributed by atoms with Crippen LogP contribution in [0, 0.1) is 12.3 Å². The summed E-state index contributed by atoms with van der Waals surface area (Å²) in [5.41, 5.74) is 0. The van der Waals surface area contributed by atoms with E-state index >= 15 is 0 Å². The van der Waals surface area contributed by atoms with Gasteiger partial charge in [-0.3, -0.25) is 0 Å². The normalized spacial score (nSPS) is 45.0. The van der Waals surface area contributed by atoms with E-state index in [0.717, 1.165) is 12.0 Å². The Morgan fingerprint density at radius 1 is 1.38 bits per heavy atom. The van der Waals surface area contributed by atoms with E-state index < -0.39 is 0 Å². The van der Waals surface area contributed by atoms with Crippen LogP contribution in [0.15, 0.2) is 0 Å². The molecule has 0 aromatic rings. The summed E-state index contributed by atoms with van der Waals surface area (Å²) < 4.78 is 0. The average molecular weight is 110 g/mol. The van der Waals surface area contributed by atoms with Crippen LogP contribution in [0.4, 0.5) is 0 Å². The lowest BCUT2D eigenvalue weighted by Gasteiger charge is -2.36. The molecule has 1 radical (unpaired) electrons. The fourth-order valence-electron chi connectivity index (χ4n) is 1.70.